The quantitative estimate of drug-likeness (QED) is 0.907. The van der Waals surface area contributed by atoms with Crippen molar-refractivity contribution in [2.45, 2.75) is 44.6 Å². The summed E-state index contributed by atoms with van der Waals surface area (Å²) in [5.41, 5.74) is 1.12. The molecule has 2 aliphatic rings. The van der Waals surface area contributed by atoms with Crippen molar-refractivity contribution in [3.8, 4) is 0 Å². The average molecular weight is 304 g/mol. The minimum Gasteiger partial charge on any atom is -0.339 e. The fraction of sp³-hybridized carbons (Fsp3) is 0.611. The Morgan fingerprint density at radius 2 is 2.09 bits per heavy atom. The zero-order valence-corrected chi connectivity index (χ0v) is 13.1. The molecule has 1 aromatic carbocycles. The third-order valence-corrected chi connectivity index (χ3v) is 5.01. The van der Waals surface area contributed by atoms with E-state index in [1.54, 1.807) is 0 Å². The molecule has 0 spiro atoms. The summed E-state index contributed by atoms with van der Waals surface area (Å²) in [5, 5.41) is 3.36. The Morgan fingerprint density at radius 1 is 1.27 bits per heavy atom. The number of carbonyl (C=O) groups excluding carboxylic acids is 1. The topological polar surface area (TPSA) is 32.3 Å². The first-order valence-corrected chi connectivity index (χ1v) is 8.47. The van der Waals surface area contributed by atoms with E-state index in [9.17, 15) is 9.18 Å². The molecule has 2 unspecified atom stereocenters. The average Bonchev–Trinajstić information content (AvgIpc) is 3.18. The monoisotopic (exact) mass is 304 g/mol. The molecular weight excluding hydrogens is 279 g/mol. The summed E-state index contributed by atoms with van der Waals surface area (Å²) in [4.78, 5) is 14.6. The molecule has 4 heteroatoms. The van der Waals surface area contributed by atoms with Crippen molar-refractivity contribution in [3.05, 3.63) is 35.6 Å². The Bertz CT molecular complexity index is 496. The fourth-order valence-electron chi connectivity index (χ4n) is 3.70. The van der Waals surface area contributed by atoms with Crippen LogP contribution in [0.1, 0.15) is 37.7 Å². The number of nitrogens with one attached hydrogen (secondary N) is 1. The van der Waals surface area contributed by atoms with Crippen molar-refractivity contribution < 1.29 is 9.18 Å². The van der Waals surface area contributed by atoms with Gasteiger partial charge in [-0.1, -0.05) is 12.1 Å². The Labute approximate surface area is 131 Å². The maximum Gasteiger partial charge on any atom is 0.222 e. The lowest BCUT2D eigenvalue weighted by molar-refractivity contribution is -0.132. The van der Waals surface area contributed by atoms with Gasteiger partial charge in [-0.05, 0) is 68.8 Å². The first-order valence-electron chi connectivity index (χ1n) is 8.47. The normalized spacial score (nSPS) is 24.9. The largest absolute Gasteiger partial charge is 0.339 e. The van der Waals surface area contributed by atoms with Crippen molar-refractivity contribution in [2.24, 2.45) is 5.92 Å². The van der Waals surface area contributed by atoms with Crippen LogP contribution in [0, 0.1) is 11.7 Å². The van der Waals surface area contributed by atoms with Gasteiger partial charge in [0.25, 0.3) is 0 Å². The van der Waals surface area contributed by atoms with Gasteiger partial charge in [-0.15, -0.1) is 0 Å². The number of likely N-dealkylation sites (tertiary alicyclic amines) is 1. The summed E-state index contributed by atoms with van der Waals surface area (Å²) in [7, 11) is 0. The molecule has 2 heterocycles. The number of hydrogen-bond acceptors (Lipinski definition) is 2. The highest BCUT2D eigenvalue weighted by atomic mass is 19.1. The van der Waals surface area contributed by atoms with Crippen LogP contribution in [0.4, 0.5) is 4.39 Å². The van der Waals surface area contributed by atoms with Crippen molar-refractivity contribution in [2.75, 3.05) is 19.6 Å². The van der Waals surface area contributed by atoms with E-state index in [1.807, 2.05) is 12.1 Å². The number of halogens is 1. The van der Waals surface area contributed by atoms with Gasteiger partial charge in [-0.2, -0.15) is 0 Å². The molecule has 2 fully saturated rings. The Kier molecular flexibility index (Phi) is 5.08. The molecule has 3 rings (SSSR count). The Hall–Kier alpha value is -1.42. The standard InChI is InChI=1S/C18H25FN2O/c19-16-6-3-14(4-7-16)12-17-2-1-11-21(17)18(22)8-5-15-9-10-20-13-15/h3-4,6-7,15,17,20H,1-2,5,8-13H2. The predicted octanol–water partition coefficient (Wildman–Crippen LogP) is 2.75. The first kappa shape index (κ1) is 15.5. The lowest BCUT2D eigenvalue weighted by atomic mass is 10.0. The highest BCUT2D eigenvalue weighted by molar-refractivity contribution is 5.76. The minimum atomic E-state index is -0.201. The SMILES string of the molecule is O=C(CCC1CCNC1)N1CCCC1Cc1ccc(F)cc1. The van der Waals surface area contributed by atoms with Gasteiger partial charge in [-0.25, -0.2) is 4.39 Å². The summed E-state index contributed by atoms with van der Waals surface area (Å²) in [6.07, 6.45) is 5.87. The van der Waals surface area contributed by atoms with Crippen molar-refractivity contribution in [3.63, 3.8) is 0 Å². The maximum absolute atomic E-state index is 13.0. The van der Waals surface area contributed by atoms with Gasteiger partial charge in [0, 0.05) is 19.0 Å². The van der Waals surface area contributed by atoms with Gasteiger partial charge in [0.1, 0.15) is 5.82 Å². The Balaban J connectivity index is 1.52. The molecule has 1 amide bonds. The van der Waals surface area contributed by atoms with Crippen LogP contribution in [0.2, 0.25) is 0 Å². The third kappa shape index (κ3) is 3.86. The molecule has 0 radical (unpaired) electrons. The number of amides is 1. The van der Waals surface area contributed by atoms with Crippen LogP contribution < -0.4 is 5.32 Å². The molecule has 120 valence electrons. The Morgan fingerprint density at radius 3 is 2.82 bits per heavy atom. The molecular formula is C18H25FN2O. The zero-order chi connectivity index (χ0) is 15.4. The molecule has 22 heavy (non-hydrogen) atoms. The van der Waals surface area contributed by atoms with E-state index in [-0.39, 0.29) is 5.82 Å². The van der Waals surface area contributed by atoms with Crippen LogP contribution in [0.15, 0.2) is 24.3 Å². The number of carbonyl (C=O) groups is 1. The zero-order valence-electron chi connectivity index (χ0n) is 13.1. The van der Waals surface area contributed by atoms with E-state index in [0.29, 0.717) is 24.3 Å². The van der Waals surface area contributed by atoms with E-state index in [0.717, 1.165) is 50.9 Å². The molecule has 0 aromatic heterocycles. The summed E-state index contributed by atoms with van der Waals surface area (Å²) in [6, 6.07) is 6.97. The van der Waals surface area contributed by atoms with Crippen LogP contribution in [0.3, 0.4) is 0 Å². The van der Waals surface area contributed by atoms with E-state index in [1.165, 1.54) is 18.6 Å². The van der Waals surface area contributed by atoms with Gasteiger partial charge < -0.3 is 10.2 Å². The number of benzene rings is 1. The molecule has 2 atom stereocenters. The molecule has 0 aliphatic carbocycles. The summed E-state index contributed by atoms with van der Waals surface area (Å²) in [5.74, 6) is 0.770. The van der Waals surface area contributed by atoms with Crippen LogP contribution in [0.5, 0.6) is 0 Å². The van der Waals surface area contributed by atoms with Crippen LogP contribution >= 0.6 is 0 Å². The summed E-state index contributed by atoms with van der Waals surface area (Å²) < 4.78 is 13.0. The molecule has 0 saturated carbocycles. The van der Waals surface area contributed by atoms with Crippen molar-refractivity contribution in [1.82, 2.24) is 10.2 Å². The molecule has 1 aromatic rings. The predicted molar refractivity (Wildman–Crippen MR) is 85.0 cm³/mol. The van der Waals surface area contributed by atoms with E-state index in [4.69, 9.17) is 0 Å². The lowest BCUT2D eigenvalue weighted by Crippen LogP contribution is -2.37. The van der Waals surface area contributed by atoms with E-state index in [2.05, 4.69) is 10.2 Å². The highest BCUT2D eigenvalue weighted by Gasteiger charge is 2.29. The second-order valence-corrected chi connectivity index (χ2v) is 6.61. The molecule has 0 bridgehead atoms. The summed E-state index contributed by atoms with van der Waals surface area (Å²) >= 11 is 0. The highest BCUT2D eigenvalue weighted by Crippen LogP contribution is 2.24. The second kappa shape index (κ2) is 7.23. The van der Waals surface area contributed by atoms with Crippen LogP contribution in [-0.2, 0) is 11.2 Å². The van der Waals surface area contributed by atoms with E-state index >= 15 is 0 Å². The molecule has 2 saturated heterocycles. The van der Waals surface area contributed by atoms with Crippen molar-refractivity contribution in [1.29, 1.82) is 0 Å². The van der Waals surface area contributed by atoms with Gasteiger partial charge in [0.15, 0.2) is 0 Å². The third-order valence-electron chi connectivity index (χ3n) is 5.01. The lowest BCUT2D eigenvalue weighted by Gasteiger charge is -2.25. The smallest absolute Gasteiger partial charge is 0.222 e. The van der Waals surface area contributed by atoms with Crippen LogP contribution in [0.25, 0.3) is 0 Å². The molecule has 3 nitrogen and oxygen atoms in total. The number of nitrogens with zero attached hydrogens (tertiary/aromatic N) is 1. The summed E-state index contributed by atoms with van der Waals surface area (Å²) in [6.45, 7) is 3.04. The van der Waals surface area contributed by atoms with Gasteiger partial charge in [-0.3, -0.25) is 4.79 Å². The van der Waals surface area contributed by atoms with Crippen molar-refractivity contribution >= 4 is 5.91 Å². The molecule has 2 aliphatic heterocycles. The number of rotatable bonds is 5. The van der Waals surface area contributed by atoms with E-state index < -0.39 is 0 Å². The van der Waals surface area contributed by atoms with Gasteiger partial charge in [0.05, 0.1) is 0 Å². The maximum atomic E-state index is 13.0. The first-order chi connectivity index (χ1) is 10.7. The second-order valence-electron chi connectivity index (χ2n) is 6.61. The van der Waals surface area contributed by atoms with Crippen LogP contribution in [-0.4, -0.2) is 36.5 Å². The fourth-order valence-corrected chi connectivity index (χ4v) is 3.70. The minimum absolute atomic E-state index is 0.201. The van der Waals surface area contributed by atoms with Gasteiger partial charge >= 0.3 is 0 Å². The number of hydrogen-bond donors (Lipinski definition) is 1. The van der Waals surface area contributed by atoms with Gasteiger partial charge in [0.2, 0.25) is 5.91 Å². The molecule has 1 N–H and O–H groups in total.